The highest BCUT2D eigenvalue weighted by molar-refractivity contribution is 6.31. The molecule has 0 atom stereocenters. The van der Waals surface area contributed by atoms with E-state index >= 15 is 0 Å². The average molecular weight is 311 g/mol. The van der Waals surface area contributed by atoms with Gasteiger partial charge in [0.25, 0.3) is 0 Å². The van der Waals surface area contributed by atoms with Gasteiger partial charge in [-0.1, -0.05) is 18.5 Å². The van der Waals surface area contributed by atoms with Crippen LogP contribution in [0.2, 0.25) is 5.02 Å². The molecule has 1 saturated heterocycles. The summed E-state index contributed by atoms with van der Waals surface area (Å²) in [5.74, 6) is 0.921. The number of likely N-dealkylation sites (tertiary alicyclic amines) is 1. The summed E-state index contributed by atoms with van der Waals surface area (Å²) in [6.45, 7) is 8.60. The molecule has 0 aromatic carbocycles. The molecule has 0 unspecified atom stereocenters. The molecule has 1 aliphatic heterocycles. The van der Waals surface area contributed by atoms with E-state index < -0.39 is 0 Å². The Morgan fingerprint density at radius 3 is 2.81 bits per heavy atom. The normalized spacial score (nSPS) is 15.8. The first-order chi connectivity index (χ1) is 10.2. The second-order valence-electron chi connectivity index (χ2n) is 5.84. The van der Waals surface area contributed by atoms with Crippen LogP contribution in [0.25, 0.3) is 0 Å². The van der Waals surface area contributed by atoms with Crippen molar-refractivity contribution in [2.75, 3.05) is 45.1 Å². The van der Waals surface area contributed by atoms with Crippen LogP contribution in [-0.4, -0.2) is 54.6 Å². The van der Waals surface area contributed by atoms with E-state index in [2.05, 4.69) is 34.1 Å². The van der Waals surface area contributed by atoms with Crippen molar-refractivity contribution < 1.29 is 0 Å². The molecule has 0 radical (unpaired) electrons. The number of likely N-dealkylation sites (N-methyl/N-ethyl adjacent to an activating group) is 1. The van der Waals surface area contributed by atoms with Crippen LogP contribution in [-0.2, 0) is 6.54 Å². The number of nitrogens with one attached hydrogen (secondary N) is 1. The van der Waals surface area contributed by atoms with E-state index in [4.69, 9.17) is 11.6 Å². The fourth-order valence-corrected chi connectivity index (χ4v) is 2.76. The van der Waals surface area contributed by atoms with Crippen LogP contribution in [0.5, 0.6) is 0 Å². The molecule has 21 heavy (non-hydrogen) atoms. The lowest BCUT2D eigenvalue weighted by Gasteiger charge is -2.21. The molecule has 118 valence electrons. The molecule has 1 aromatic rings. The molecule has 0 amide bonds. The number of hydrogen-bond acceptors (Lipinski definition) is 4. The van der Waals surface area contributed by atoms with E-state index in [0.717, 1.165) is 49.1 Å². The number of hydrogen-bond donors (Lipinski definition) is 1. The zero-order valence-electron chi connectivity index (χ0n) is 13.2. The number of anilines is 1. The van der Waals surface area contributed by atoms with Gasteiger partial charge in [-0.25, -0.2) is 4.98 Å². The van der Waals surface area contributed by atoms with Gasteiger partial charge in [0, 0.05) is 26.2 Å². The summed E-state index contributed by atoms with van der Waals surface area (Å²) in [7, 11) is 2.14. The summed E-state index contributed by atoms with van der Waals surface area (Å²) < 4.78 is 0. The van der Waals surface area contributed by atoms with Crippen molar-refractivity contribution in [3.05, 3.63) is 22.8 Å². The minimum absolute atomic E-state index is 0.755. The van der Waals surface area contributed by atoms with Crippen LogP contribution in [0.15, 0.2) is 12.1 Å². The van der Waals surface area contributed by atoms with Crippen LogP contribution in [0.1, 0.15) is 31.9 Å². The maximum atomic E-state index is 6.27. The third-order valence-corrected chi connectivity index (χ3v) is 4.24. The average Bonchev–Trinajstić information content (AvgIpc) is 2.99. The molecule has 5 heteroatoms. The topological polar surface area (TPSA) is 31.4 Å². The van der Waals surface area contributed by atoms with Crippen molar-refractivity contribution in [1.29, 1.82) is 0 Å². The molecule has 0 bridgehead atoms. The third kappa shape index (κ3) is 5.46. The van der Waals surface area contributed by atoms with Crippen molar-refractivity contribution in [3.8, 4) is 0 Å². The Kier molecular flexibility index (Phi) is 6.74. The zero-order chi connectivity index (χ0) is 15.1. The van der Waals surface area contributed by atoms with Crippen LogP contribution < -0.4 is 5.32 Å². The molecule has 2 heterocycles. The first kappa shape index (κ1) is 16.5. The summed E-state index contributed by atoms with van der Waals surface area (Å²) in [6, 6.07) is 3.89. The molecular formula is C16H27ClN4. The van der Waals surface area contributed by atoms with Crippen molar-refractivity contribution in [3.63, 3.8) is 0 Å². The minimum atomic E-state index is 0.755. The van der Waals surface area contributed by atoms with E-state index in [1.165, 1.54) is 25.9 Å². The Morgan fingerprint density at radius 2 is 2.10 bits per heavy atom. The second kappa shape index (κ2) is 8.57. The molecule has 1 aliphatic rings. The highest BCUT2D eigenvalue weighted by atomic mass is 35.5. The first-order valence-corrected chi connectivity index (χ1v) is 8.37. The molecule has 1 N–H and O–H groups in total. The zero-order valence-corrected chi connectivity index (χ0v) is 14.0. The Hall–Kier alpha value is -0.840. The van der Waals surface area contributed by atoms with Crippen molar-refractivity contribution in [2.24, 2.45) is 0 Å². The van der Waals surface area contributed by atoms with E-state index in [1.54, 1.807) is 0 Å². The molecule has 2 rings (SSSR count). The lowest BCUT2D eigenvalue weighted by Crippen LogP contribution is -2.31. The SMILES string of the molecule is CCCNc1ccc(Cl)c(CN(C)CCN2CCCC2)n1. The smallest absolute Gasteiger partial charge is 0.126 e. The van der Waals surface area contributed by atoms with Gasteiger partial charge in [-0.3, -0.25) is 4.90 Å². The summed E-state index contributed by atoms with van der Waals surface area (Å²) >= 11 is 6.27. The van der Waals surface area contributed by atoms with E-state index in [1.807, 2.05) is 12.1 Å². The predicted molar refractivity (Wildman–Crippen MR) is 90.0 cm³/mol. The summed E-state index contributed by atoms with van der Waals surface area (Å²) in [5.41, 5.74) is 0.960. The Labute approximate surface area is 133 Å². The van der Waals surface area contributed by atoms with Gasteiger partial charge in [-0.2, -0.15) is 0 Å². The lowest BCUT2D eigenvalue weighted by molar-refractivity contribution is 0.251. The molecular weight excluding hydrogens is 284 g/mol. The van der Waals surface area contributed by atoms with Crippen molar-refractivity contribution in [2.45, 2.75) is 32.7 Å². The molecule has 1 aromatic heterocycles. The monoisotopic (exact) mass is 310 g/mol. The number of pyridine rings is 1. The third-order valence-electron chi connectivity index (χ3n) is 3.89. The van der Waals surface area contributed by atoms with Gasteiger partial charge in [-0.15, -0.1) is 0 Å². The van der Waals surface area contributed by atoms with E-state index in [-0.39, 0.29) is 0 Å². The number of rotatable bonds is 8. The Balaban J connectivity index is 1.84. The first-order valence-electron chi connectivity index (χ1n) is 7.99. The van der Waals surface area contributed by atoms with E-state index in [9.17, 15) is 0 Å². The van der Waals surface area contributed by atoms with E-state index in [0.29, 0.717) is 0 Å². The van der Waals surface area contributed by atoms with Gasteiger partial charge in [0.2, 0.25) is 0 Å². The van der Waals surface area contributed by atoms with Crippen LogP contribution in [0.4, 0.5) is 5.82 Å². The molecule has 0 saturated carbocycles. The van der Waals surface area contributed by atoms with Crippen molar-refractivity contribution in [1.82, 2.24) is 14.8 Å². The summed E-state index contributed by atoms with van der Waals surface area (Å²) in [6.07, 6.45) is 3.79. The molecule has 0 spiro atoms. The second-order valence-corrected chi connectivity index (χ2v) is 6.25. The Bertz CT molecular complexity index is 432. The number of nitrogens with zero attached hydrogens (tertiary/aromatic N) is 3. The molecule has 1 fully saturated rings. The largest absolute Gasteiger partial charge is 0.370 e. The van der Waals surface area contributed by atoms with Crippen LogP contribution in [0, 0.1) is 0 Å². The van der Waals surface area contributed by atoms with Gasteiger partial charge in [0.1, 0.15) is 5.82 Å². The predicted octanol–water partition coefficient (Wildman–Crippen LogP) is 3.08. The van der Waals surface area contributed by atoms with Gasteiger partial charge < -0.3 is 10.2 Å². The van der Waals surface area contributed by atoms with Crippen LogP contribution >= 0.6 is 11.6 Å². The summed E-state index contributed by atoms with van der Waals surface area (Å²) in [5, 5.41) is 4.07. The Morgan fingerprint density at radius 1 is 1.33 bits per heavy atom. The maximum absolute atomic E-state index is 6.27. The number of halogens is 1. The lowest BCUT2D eigenvalue weighted by atomic mass is 10.3. The highest BCUT2D eigenvalue weighted by Crippen LogP contribution is 2.18. The van der Waals surface area contributed by atoms with Crippen molar-refractivity contribution >= 4 is 17.4 Å². The molecule has 4 nitrogen and oxygen atoms in total. The highest BCUT2D eigenvalue weighted by Gasteiger charge is 2.13. The maximum Gasteiger partial charge on any atom is 0.126 e. The summed E-state index contributed by atoms with van der Waals surface area (Å²) in [4.78, 5) is 9.47. The fraction of sp³-hybridized carbons (Fsp3) is 0.688. The van der Waals surface area contributed by atoms with Gasteiger partial charge in [-0.05, 0) is 51.5 Å². The molecule has 0 aliphatic carbocycles. The standard InChI is InChI=1S/C16H27ClN4/c1-3-8-18-16-7-6-14(17)15(19-16)13-20(2)11-12-21-9-4-5-10-21/h6-7H,3-5,8-13H2,1-2H3,(H,18,19). The quantitative estimate of drug-likeness (QED) is 0.799. The van der Waals surface area contributed by atoms with Gasteiger partial charge >= 0.3 is 0 Å². The van der Waals surface area contributed by atoms with Crippen LogP contribution in [0.3, 0.4) is 0 Å². The van der Waals surface area contributed by atoms with Gasteiger partial charge in [0.15, 0.2) is 0 Å². The minimum Gasteiger partial charge on any atom is -0.370 e. The fourth-order valence-electron chi connectivity index (χ4n) is 2.60. The number of aromatic nitrogens is 1. The van der Waals surface area contributed by atoms with Gasteiger partial charge in [0.05, 0.1) is 10.7 Å².